The average Bonchev–Trinajstić information content (AvgIpc) is 2.72. The molecule has 0 saturated carbocycles. The Labute approximate surface area is 170 Å². The Balaban J connectivity index is 1.73. The van der Waals surface area contributed by atoms with E-state index in [2.05, 4.69) is 10.6 Å². The van der Waals surface area contributed by atoms with Crippen LogP contribution in [-0.4, -0.2) is 18.4 Å². The molecule has 5 heteroatoms. The van der Waals surface area contributed by atoms with Crippen molar-refractivity contribution in [2.24, 2.45) is 0 Å². The standard InChI is InChI=1S/C24H24N2O3/c1-4-29-21-13-11-20(12-14-21)25-23(27)18-9-6-10-19(15-18)24(28)26-22-16(2)7-5-8-17(22)3/h5-15H,4H2,1-3H3,(H,25,27)(H,26,28). The van der Waals surface area contributed by atoms with Crippen molar-refractivity contribution in [1.82, 2.24) is 0 Å². The predicted molar refractivity (Wildman–Crippen MR) is 116 cm³/mol. The second kappa shape index (κ2) is 9.06. The van der Waals surface area contributed by atoms with Crippen molar-refractivity contribution in [2.45, 2.75) is 20.8 Å². The predicted octanol–water partition coefficient (Wildman–Crippen LogP) is 5.21. The van der Waals surface area contributed by atoms with Crippen LogP contribution in [0.5, 0.6) is 5.75 Å². The lowest BCUT2D eigenvalue weighted by atomic mass is 10.1. The van der Waals surface area contributed by atoms with E-state index >= 15 is 0 Å². The summed E-state index contributed by atoms with van der Waals surface area (Å²) in [7, 11) is 0. The second-order valence-electron chi connectivity index (χ2n) is 6.71. The smallest absolute Gasteiger partial charge is 0.255 e. The molecular weight excluding hydrogens is 364 g/mol. The molecule has 29 heavy (non-hydrogen) atoms. The van der Waals surface area contributed by atoms with E-state index in [0.717, 1.165) is 22.6 Å². The average molecular weight is 388 g/mol. The molecule has 0 unspecified atom stereocenters. The fourth-order valence-corrected chi connectivity index (χ4v) is 3.00. The van der Waals surface area contributed by atoms with E-state index in [9.17, 15) is 9.59 Å². The Morgan fingerprint density at radius 2 is 1.34 bits per heavy atom. The van der Waals surface area contributed by atoms with Crippen molar-refractivity contribution in [1.29, 1.82) is 0 Å². The molecule has 2 amide bonds. The molecule has 0 atom stereocenters. The fourth-order valence-electron chi connectivity index (χ4n) is 3.00. The third-order valence-electron chi connectivity index (χ3n) is 4.53. The minimum Gasteiger partial charge on any atom is -0.494 e. The summed E-state index contributed by atoms with van der Waals surface area (Å²) in [5.41, 5.74) is 4.26. The summed E-state index contributed by atoms with van der Waals surface area (Å²) in [6.45, 7) is 6.40. The van der Waals surface area contributed by atoms with Gasteiger partial charge in [0.2, 0.25) is 0 Å². The number of anilines is 2. The van der Waals surface area contributed by atoms with Crippen LogP contribution < -0.4 is 15.4 Å². The molecule has 3 rings (SSSR count). The molecule has 0 radical (unpaired) electrons. The molecule has 5 nitrogen and oxygen atoms in total. The van der Waals surface area contributed by atoms with Crippen molar-refractivity contribution < 1.29 is 14.3 Å². The zero-order valence-corrected chi connectivity index (χ0v) is 16.8. The van der Waals surface area contributed by atoms with Gasteiger partial charge in [0, 0.05) is 22.5 Å². The van der Waals surface area contributed by atoms with Crippen LogP contribution in [0.1, 0.15) is 38.8 Å². The minimum atomic E-state index is -0.282. The number of ether oxygens (including phenoxy) is 1. The first-order valence-electron chi connectivity index (χ1n) is 9.49. The van der Waals surface area contributed by atoms with Crippen molar-refractivity contribution in [3.05, 3.63) is 89.0 Å². The van der Waals surface area contributed by atoms with Gasteiger partial charge in [0.15, 0.2) is 0 Å². The van der Waals surface area contributed by atoms with E-state index in [0.29, 0.717) is 23.4 Å². The number of carbonyl (C=O) groups excluding carboxylic acids is 2. The highest BCUT2D eigenvalue weighted by Crippen LogP contribution is 2.21. The van der Waals surface area contributed by atoms with Crippen molar-refractivity contribution in [3.8, 4) is 5.75 Å². The summed E-state index contributed by atoms with van der Waals surface area (Å²) in [4.78, 5) is 25.3. The van der Waals surface area contributed by atoms with Gasteiger partial charge in [0.1, 0.15) is 5.75 Å². The first kappa shape index (κ1) is 20.1. The third-order valence-corrected chi connectivity index (χ3v) is 4.53. The van der Waals surface area contributed by atoms with Crippen molar-refractivity contribution in [3.63, 3.8) is 0 Å². The summed E-state index contributed by atoms with van der Waals surface area (Å²) in [5, 5.41) is 5.78. The van der Waals surface area contributed by atoms with Crippen LogP contribution in [0.3, 0.4) is 0 Å². The molecule has 3 aromatic rings. The normalized spacial score (nSPS) is 10.3. The van der Waals surface area contributed by atoms with E-state index in [1.54, 1.807) is 48.5 Å². The van der Waals surface area contributed by atoms with Crippen LogP contribution in [0.15, 0.2) is 66.7 Å². The molecule has 0 saturated heterocycles. The minimum absolute atomic E-state index is 0.252. The molecule has 2 N–H and O–H groups in total. The summed E-state index contributed by atoms with van der Waals surface area (Å²) in [6.07, 6.45) is 0. The Morgan fingerprint density at radius 3 is 1.93 bits per heavy atom. The largest absolute Gasteiger partial charge is 0.494 e. The molecule has 0 aliphatic heterocycles. The number of amides is 2. The highest BCUT2D eigenvalue weighted by atomic mass is 16.5. The van der Waals surface area contributed by atoms with Crippen molar-refractivity contribution >= 4 is 23.2 Å². The SMILES string of the molecule is CCOc1ccc(NC(=O)c2cccc(C(=O)Nc3c(C)cccc3C)c2)cc1. The molecule has 0 aromatic heterocycles. The molecule has 0 fully saturated rings. The van der Waals surface area contributed by atoms with Gasteiger partial charge in [-0.2, -0.15) is 0 Å². The molecule has 3 aromatic carbocycles. The monoisotopic (exact) mass is 388 g/mol. The van der Waals surface area contributed by atoms with Crippen LogP contribution in [0.2, 0.25) is 0 Å². The Bertz CT molecular complexity index is 1010. The van der Waals surface area contributed by atoms with Gasteiger partial charge in [-0.05, 0) is 74.4 Å². The number of rotatable bonds is 6. The van der Waals surface area contributed by atoms with Crippen LogP contribution in [0.25, 0.3) is 0 Å². The highest BCUT2D eigenvalue weighted by Gasteiger charge is 2.13. The van der Waals surface area contributed by atoms with Gasteiger partial charge in [0.25, 0.3) is 11.8 Å². The first-order chi connectivity index (χ1) is 14.0. The quantitative estimate of drug-likeness (QED) is 0.609. The molecular formula is C24H24N2O3. The maximum absolute atomic E-state index is 12.7. The maximum atomic E-state index is 12.7. The van der Waals surface area contributed by atoms with Crippen LogP contribution in [-0.2, 0) is 0 Å². The highest BCUT2D eigenvalue weighted by molar-refractivity contribution is 6.09. The summed E-state index contributed by atoms with van der Waals surface area (Å²) in [6, 6.07) is 19.7. The Morgan fingerprint density at radius 1 is 0.793 bits per heavy atom. The number of hydrogen-bond donors (Lipinski definition) is 2. The number of benzene rings is 3. The number of aryl methyl sites for hydroxylation is 2. The van der Waals surface area contributed by atoms with Gasteiger partial charge in [-0.1, -0.05) is 24.3 Å². The third kappa shape index (κ3) is 5.02. The maximum Gasteiger partial charge on any atom is 0.255 e. The first-order valence-corrected chi connectivity index (χ1v) is 9.49. The molecule has 0 aliphatic rings. The Hall–Kier alpha value is -3.60. The van der Waals surface area contributed by atoms with E-state index < -0.39 is 0 Å². The second-order valence-corrected chi connectivity index (χ2v) is 6.71. The molecule has 0 spiro atoms. The van der Waals surface area contributed by atoms with Gasteiger partial charge < -0.3 is 15.4 Å². The van der Waals surface area contributed by atoms with E-state index in [1.807, 2.05) is 39.0 Å². The van der Waals surface area contributed by atoms with Crippen LogP contribution in [0.4, 0.5) is 11.4 Å². The Kier molecular flexibility index (Phi) is 6.29. The lowest BCUT2D eigenvalue weighted by Crippen LogP contribution is -2.16. The lowest BCUT2D eigenvalue weighted by molar-refractivity contribution is 0.102. The zero-order valence-electron chi connectivity index (χ0n) is 16.8. The van der Waals surface area contributed by atoms with Gasteiger partial charge in [-0.15, -0.1) is 0 Å². The number of para-hydroxylation sites is 1. The topological polar surface area (TPSA) is 67.4 Å². The van der Waals surface area contributed by atoms with Gasteiger partial charge in [0.05, 0.1) is 6.61 Å². The number of carbonyl (C=O) groups is 2. The van der Waals surface area contributed by atoms with Crippen molar-refractivity contribution in [2.75, 3.05) is 17.2 Å². The summed E-state index contributed by atoms with van der Waals surface area (Å²) < 4.78 is 5.40. The molecule has 0 heterocycles. The molecule has 0 aliphatic carbocycles. The van der Waals surface area contributed by atoms with Crippen LogP contribution >= 0.6 is 0 Å². The van der Waals surface area contributed by atoms with E-state index in [1.165, 1.54) is 0 Å². The molecule has 0 bridgehead atoms. The van der Waals surface area contributed by atoms with E-state index in [-0.39, 0.29) is 11.8 Å². The zero-order chi connectivity index (χ0) is 20.8. The number of nitrogens with one attached hydrogen (secondary N) is 2. The lowest BCUT2D eigenvalue weighted by Gasteiger charge is -2.12. The van der Waals surface area contributed by atoms with Crippen LogP contribution in [0, 0.1) is 13.8 Å². The van der Waals surface area contributed by atoms with Gasteiger partial charge in [-0.3, -0.25) is 9.59 Å². The number of hydrogen-bond acceptors (Lipinski definition) is 3. The fraction of sp³-hybridized carbons (Fsp3) is 0.167. The van der Waals surface area contributed by atoms with Gasteiger partial charge in [-0.25, -0.2) is 0 Å². The van der Waals surface area contributed by atoms with Gasteiger partial charge >= 0.3 is 0 Å². The summed E-state index contributed by atoms with van der Waals surface area (Å²) >= 11 is 0. The molecule has 148 valence electrons. The summed E-state index contributed by atoms with van der Waals surface area (Å²) in [5.74, 6) is 0.213. The van der Waals surface area contributed by atoms with E-state index in [4.69, 9.17) is 4.74 Å².